The van der Waals surface area contributed by atoms with Crippen LogP contribution in [0.2, 0.25) is 5.02 Å². The second-order valence-corrected chi connectivity index (χ2v) is 12.7. The Kier molecular flexibility index (Phi) is 5.68. The molecule has 2 aromatic carbocycles. The maximum absolute atomic E-state index is 13.5. The van der Waals surface area contributed by atoms with Crippen LogP contribution in [0.15, 0.2) is 41.3 Å². The van der Waals surface area contributed by atoms with Crippen molar-refractivity contribution < 1.29 is 17.9 Å². The smallest absolute Gasteiger partial charge is 0.414 e. The van der Waals surface area contributed by atoms with Crippen molar-refractivity contribution in [2.45, 2.75) is 54.7 Å². The van der Waals surface area contributed by atoms with Crippen molar-refractivity contribution in [3.05, 3.63) is 58.1 Å². The number of hydrogen-bond acceptors (Lipinski definition) is 5. The van der Waals surface area contributed by atoms with Crippen LogP contribution in [0.25, 0.3) is 0 Å². The number of carbonyl (C=O) groups excluding carboxylic acids is 1. The number of piperidine rings is 1. The molecule has 2 atom stereocenters. The number of anilines is 1. The molecule has 0 bridgehead atoms. The van der Waals surface area contributed by atoms with Gasteiger partial charge in [0.05, 0.1) is 5.69 Å². The standard InChI is InChI=1S/C23H25ClN2O4S2/c1-14-3-5-20-16(11-14)13-30-23(27)26(20)18-7-9-25(10-8-18)32(28,29)22-15(2)19-12-17(24)4-6-21(19)31-22/h3-6,11-12,15,18,22H,7-10,13H2,1-2H3. The largest absolute Gasteiger partial charge is 0.444 e. The highest BCUT2D eigenvalue weighted by Gasteiger charge is 2.44. The van der Waals surface area contributed by atoms with Gasteiger partial charge in [0.2, 0.25) is 10.0 Å². The van der Waals surface area contributed by atoms with Gasteiger partial charge in [-0.05, 0) is 49.6 Å². The van der Waals surface area contributed by atoms with Crippen molar-refractivity contribution in [3.8, 4) is 0 Å². The molecule has 0 aliphatic carbocycles. The molecular weight excluding hydrogens is 468 g/mol. The zero-order chi connectivity index (χ0) is 22.6. The van der Waals surface area contributed by atoms with E-state index in [1.807, 2.05) is 44.2 Å². The Labute approximate surface area is 197 Å². The summed E-state index contributed by atoms with van der Waals surface area (Å²) in [5.41, 5.74) is 3.98. The molecule has 1 fully saturated rings. The molecule has 32 heavy (non-hydrogen) atoms. The molecule has 1 saturated heterocycles. The second-order valence-electron chi connectivity index (χ2n) is 8.69. The highest BCUT2D eigenvalue weighted by atomic mass is 35.5. The van der Waals surface area contributed by atoms with Crippen LogP contribution >= 0.6 is 23.4 Å². The highest BCUT2D eigenvalue weighted by Crippen LogP contribution is 2.49. The third kappa shape index (κ3) is 3.71. The first-order chi connectivity index (χ1) is 15.3. The van der Waals surface area contributed by atoms with Gasteiger partial charge in [0.15, 0.2) is 0 Å². The normalized spacial score (nSPS) is 24.2. The van der Waals surface area contributed by atoms with E-state index in [0.717, 1.165) is 27.3 Å². The van der Waals surface area contributed by atoms with Gasteiger partial charge in [-0.3, -0.25) is 4.90 Å². The highest BCUT2D eigenvalue weighted by molar-refractivity contribution is 8.13. The molecule has 0 aromatic heterocycles. The van der Waals surface area contributed by atoms with Crippen molar-refractivity contribution in [1.82, 2.24) is 4.31 Å². The molecule has 1 amide bonds. The fourth-order valence-corrected chi connectivity index (χ4v) is 9.04. The quantitative estimate of drug-likeness (QED) is 0.593. The number of halogens is 1. The van der Waals surface area contributed by atoms with E-state index in [4.69, 9.17) is 16.3 Å². The third-order valence-electron chi connectivity index (χ3n) is 6.60. The lowest BCUT2D eigenvalue weighted by Crippen LogP contribution is -2.51. The lowest BCUT2D eigenvalue weighted by Gasteiger charge is -2.40. The Morgan fingerprint density at radius 2 is 1.88 bits per heavy atom. The molecule has 2 unspecified atom stereocenters. The minimum atomic E-state index is -3.51. The van der Waals surface area contributed by atoms with E-state index < -0.39 is 14.6 Å². The van der Waals surface area contributed by atoms with E-state index in [2.05, 4.69) is 0 Å². The first kappa shape index (κ1) is 22.1. The number of aryl methyl sites for hydroxylation is 1. The summed E-state index contributed by atoms with van der Waals surface area (Å²) in [6, 6.07) is 11.5. The molecule has 3 aliphatic rings. The number of rotatable bonds is 3. The van der Waals surface area contributed by atoms with Crippen LogP contribution in [-0.2, 0) is 21.4 Å². The summed E-state index contributed by atoms with van der Waals surface area (Å²) >= 11 is 7.54. The number of amides is 1. The minimum Gasteiger partial charge on any atom is -0.444 e. The lowest BCUT2D eigenvalue weighted by molar-refractivity contribution is 0.135. The number of thioether (sulfide) groups is 1. The second kappa shape index (κ2) is 8.24. The number of carbonyl (C=O) groups is 1. The monoisotopic (exact) mass is 492 g/mol. The van der Waals surface area contributed by atoms with E-state index in [-0.39, 0.29) is 24.7 Å². The van der Waals surface area contributed by atoms with Gasteiger partial charge in [0.1, 0.15) is 11.2 Å². The van der Waals surface area contributed by atoms with Crippen molar-refractivity contribution >= 4 is 45.2 Å². The molecule has 0 spiro atoms. The Morgan fingerprint density at radius 3 is 2.62 bits per heavy atom. The number of hydrogen-bond donors (Lipinski definition) is 0. The SMILES string of the molecule is Cc1ccc2c(c1)COC(=O)N2C1CCN(S(=O)(=O)C2Sc3ccc(Cl)cc3C2C)CC1. The van der Waals surface area contributed by atoms with Crippen molar-refractivity contribution in [2.75, 3.05) is 18.0 Å². The summed E-state index contributed by atoms with van der Waals surface area (Å²) in [5.74, 6) is -0.136. The van der Waals surface area contributed by atoms with Crippen LogP contribution in [0.3, 0.4) is 0 Å². The van der Waals surface area contributed by atoms with Crippen LogP contribution in [0.1, 0.15) is 42.4 Å². The van der Waals surface area contributed by atoms with E-state index in [1.165, 1.54) is 11.8 Å². The summed E-state index contributed by atoms with van der Waals surface area (Å²) in [5, 5.41) is 0.624. The van der Waals surface area contributed by atoms with Crippen LogP contribution in [0.5, 0.6) is 0 Å². The molecule has 6 nitrogen and oxygen atoms in total. The Hall–Kier alpha value is -1.74. The van der Waals surface area contributed by atoms with Gasteiger partial charge in [0, 0.05) is 40.5 Å². The zero-order valence-corrected chi connectivity index (χ0v) is 20.3. The predicted molar refractivity (Wildman–Crippen MR) is 127 cm³/mol. The summed E-state index contributed by atoms with van der Waals surface area (Å²) < 4.78 is 33.4. The van der Waals surface area contributed by atoms with Crippen LogP contribution < -0.4 is 4.90 Å². The van der Waals surface area contributed by atoms with E-state index >= 15 is 0 Å². The zero-order valence-electron chi connectivity index (χ0n) is 18.0. The molecule has 9 heteroatoms. The minimum absolute atomic E-state index is 0.0830. The number of fused-ring (bicyclic) bond motifs is 2. The molecule has 5 rings (SSSR count). The number of sulfonamides is 1. The molecule has 0 N–H and O–H groups in total. The summed E-state index contributed by atoms with van der Waals surface area (Å²) in [6.45, 7) is 5.02. The van der Waals surface area contributed by atoms with E-state index in [1.54, 1.807) is 15.3 Å². The average Bonchev–Trinajstić information content (AvgIpc) is 3.10. The van der Waals surface area contributed by atoms with Gasteiger partial charge in [0.25, 0.3) is 0 Å². The summed E-state index contributed by atoms with van der Waals surface area (Å²) in [4.78, 5) is 15.3. The predicted octanol–water partition coefficient (Wildman–Crippen LogP) is 5.13. The molecule has 3 heterocycles. The number of nitrogens with zero attached hydrogens (tertiary/aromatic N) is 2. The fraction of sp³-hybridized carbons (Fsp3) is 0.435. The van der Waals surface area contributed by atoms with Gasteiger partial charge >= 0.3 is 6.09 Å². The third-order valence-corrected chi connectivity index (χ3v) is 11.2. The molecule has 170 valence electrons. The Morgan fingerprint density at radius 1 is 1.12 bits per heavy atom. The first-order valence-corrected chi connectivity index (χ1v) is 13.5. The number of cyclic esters (lactones) is 1. The molecule has 0 saturated carbocycles. The molecular formula is C23H25ClN2O4S2. The van der Waals surface area contributed by atoms with Crippen LogP contribution in [0.4, 0.5) is 10.5 Å². The van der Waals surface area contributed by atoms with Gasteiger partial charge in [-0.25, -0.2) is 17.5 Å². The summed E-state index contributed by atoms with van der Waals surface area (Å²) in [7, 11) is -3.51. The molecule has 2 aromatic rings. The topological polar surface area (TPSA) is 66.9 Å². The fourth-order valence-electron chi connectivity index (χ4n) is 4.89. The Balaban J connectivity index is 1.32. The molecule has 0 radical (unpaired) electrons. The van der Waals surface area contributed by atoms with Crippen molar-refractivity contribution in [1.29, 1.82) is 0 Å². The molecule has 3 aliphatic heterocycles. The Bertz CT molecular complexity index is 1180. The van der Waals surface area contributed by atoms with Gasteiger partial charge in [-0.1, -0.05) is 36.2 Å². The van der Waals surface area contributed by atoms with Crippen LogP contribution in [0, 0.1) is 6.92 Å². The van der Waals surface area contributed by atoms with Crippen molar-refractivity contribution in [3.63, 3.8) is 0 Å². The summed E-state index contributed by atoms with van der Waals surface area (Å²) in [6.07, 6.45) is 0.799. The maximum atomic E-state index is 13.5. The average molecular weight is 493 g/mol. The number of benzene rings is 2. The lowest BCUT2D eigenvalue weighted by atomic mass is 10.0. The number of ether oxygens (including phenoxy) is 1. The van der Waals surface area contributed by atoms with E-state index in [0.29, 0.717) is 31.0 Å². The van der Waals surface area contributed by atoms with Gasteiger partial charge in [-0.15, -0.1) is 11.8 Å². The van der Waals surface area contributed by atoms with Crippen molar-refractivity contribution in [2.24, 2.45) is 0 Å². The van der Waals surface area contributed by atoms with Gasteiger partial charge in [-0.2, -0.15) is 0 Å². The maximum Gasteiger partial charge on any atom is 0.414 e. The van der Waals surface area contributed by atoms with E-state index in [9.17, 15) is 13.2 Å². The van der Waals surface area contributed by atoms with Crippen LogP contribution in [-0.4, -0.2) is 42.5 Å². The first-order valence-electron chi connectivity index (χ1n) is 10.8. The van der Waals surface area contributed by atoms with Gasteiger partial charge < -0.3 is 4.74 Å².